The second kappa shape index (κ2) is 6.74. The average molecular weight is 289 g/mol. The first kappa shape index (κ1) is 15.5. The van der Waals surface area contributed by atoms with Gasteiger partial charge in [0, 0.05) is 6.42 Å². The Morgan fingerprint density at radius 3 is 2.57 bits per heavy atom. The van der Waals surface area contributed by atoms with Crippen LogP contribution in [0.3, 0.4) is 0 Å². The Kier molecular flexibility index (Phi) is 4.99. The van der Waals surface area contributed by atoms with Gasteiger partial charge in [-0.2, -0.15) is 0 Å². The summed E-state index contributed by atoms with van der Waals surface area (Å²) >= 11 is 0. The van der Waals surface area contributed by atoms with E-state index in [0.717, 1.165) is 12.8 Å². The highest BCUT2D eigenvalue weighted by molar-refractivity contribution is 5.84. The number of hydrogen-bond acceptors (Lipinski definition) is 2. The van der Waals surface area contributed by atoms with E-state index in [4.69, 9.17) is 0 Å². The molecule has 114 valence electrons. The Morgan fingerprint density at radius 2 is 2.00 bits per heavy atom. The first-order valence-electron chi connectivity index (χ1n) is 7.60. The highest BCUT2D eigenvalue weighted by atomic mass is 16.4. The average Bonchev–Trinajstić information content (AvgIpc) is 3.23. The first-order valence-corrected chi connectivity index (χ1v) is 7.60. The minimum absolute atomic E-state index is 0.0597. The van der Waals surface area contributed by atoms with E-state index in [0.29, 0.717) is 18.3 Å². The zero-order valence-corrected chi connectivity index (χ0v) is 12.6. The molecule has 0 spiro atoms. The fourth-order valence-corrected chi connectivity index (χ4v) is 2.74. The van der Waals surface area contributed by atoms with Gasteiger partial charge in [0.1, 0.15) is 6.04 Å². The van der Waals surface area contributed by atoms with E-state index in [-0.39, 0.29) is 11.8 Å². The van der Waals surface area contributed by atoms with Crippen molar-refractivity contribution in [2.75, 3.05) is 0 Å². The molecule has 4 atom stereocenters. The van der Waals surface area contributed by atoms with Gasteiger partial charge in [0.15, 0.2) is 0 Å². The van der Waals surface area contributed by atoms with E-state index >= 15 is 0 Å². The van der Waals surface area contributed by atoms with Gasteiger partial charge in [0.25, 0.3) is 0 Å². The minimum atomic E-state index is -0.951. The lowest BCUT2D eigenvalue weighted by Crippen LogP contribution is -2.45. The maximum atomic E-state index is 12.0. The Hall–Kier alpha value is -1.84. The van der Waals surface area contributed by atoms with Gasteiger partial charge in [-0.05, 0) is 29.7 Å². The third-order valence-electron chi connectivity index (χ3n) is 4.39. The Bertz CT molecular complexity index is 500. The monoisotopic (exact) mass is 289 g/mol. The lowest BCUT2D eigenvalue weighted by Gasteiger charge is -2.20. The molecule has 1 saturated carbocycles. The summed E-state index contributed by atoms with van der Waals surface area (Å²) in [6, 6.07) is 9.39. The minimum Gasteiger partial charge on any atom is -0.480 e. The molecule has 1 aromatic carbocycles. The van der Waals surface area contributed by atoms with Crippen molar-refractivity contribution in [1.82, 2.24) is 5.32 Å². The van der Waals surface area contributed by atoms with Crippen molar-refractivity contribution in [1.29, 1.82) is 0 Å². The van der Waals surface area contributed by atoms with E-state index in [9.17, 15) is 14.7 Å². The number of nitrogens with one attached hydrogen (secondary N) is 1. The smallest absolute Gasteiger partial charge is 0.326 e. The van der Waals surface area contributed by atoms with Crippen LogP contribution in [0, 0.1) is 11.8 Å². The molecule has 0 bridgehead atoms. The number of carbonyl (C=O) groups is 2. The lowest BCUT2D eigenvalue weighted by atomic mass is 9.99. The molecule has 1 aliphatic rings. The lowest BCUT2D eigenvalue weighted by molar-refractivity contribution is -0.143. The number of amides is 1. The molecule has 0 aromatic heterocycles. The van der Waals surface area contributed by atoms with Gasteiger partial charge in [0.2, 0.25) is 5.91 Å². The van der Waals surface area contributed by atoms with E-state index in [2.05, 4.69) is 17.4 Å². The summed E-state index contributed by atoms with van der Waals surface area (Å²) in [4.78, 5) is 23.2. The highest BCUT2D eigenvalue weighted by Crippen LogP contribution is 2.49. The molecule has 0 aliphatic heterocycles. The Balaban J connectivity index is 1.84. The van der Waals surface area contributed by atoms with Crippen LogP contribution in [0.5, 0.6) is 0 Å². The third-order valence-corrected chi connectivity index (χ3v) is 4.39. The number of rotatable bonds is 7. The third kappa shape index (κ3) is 4.06. The molecular formula is C17H23NO3. The van der Waals surface area contributed by atoms with E-state index in [1.165, 1.54) is 5.56 Å². The van der Waals surface area contributed by atoms with Crippen LogP contribution in [0.4, 0.5) is 0 Å². The second-order valence-corrected chi connectivity index (χ2v) is 5.99. The molecule has 1 amide bonds. The molecule has 21 heavy (non-hydrogen) atoms. The van der Waals surface area contributed by atoms with Gasteiger partial charge in [-0.25, -0.2) is 4.79 Å². The quantitative estimate of drug-likeness (QED) is 0.811. The maximum Gasteiger partial charge on any atom is 0.326 e. The summed E-state index contributed by atoms with van der Waals surface area (Å²) in [6.45, 7) is 3.78. The maximum absolute atomic E-state index is 12.0. The summed E-state index contributed by atoms with van der Waals surface area (Å²) in [7, 11) is 0. The van der Waals surface area contributed by atoms with E-state index in [1.807, 2.05) is 32.0 Å². The summed E-state index contributed by atoms with van der Waals surface area (Å²) in [5, 5.41) is 11.9. The fraction of sp³-hybridized carbons (Fsp3) is 0.529. The number of carboxylic acids is 1. The van der Waals surface area contributed by atoms with Crippen LogP contribution in [0.2, 0.25) is 0 Å². The molecule has 1 aliphatic carbocycles. The SMILES string of the molecule is CCC(C)C(NC(=O)C[C@@H]1C[C@H]1c1ccccc1)C(=O)O. The van der Waals surface area contributed by atoms with Crippen LogP contribution in [0.15, 0.2) is 30.3 Å². The summed E-state index contributed by atoms with van der Waals surface area (Å²) in [5.41, 5.74) is 1.27. The van der Waals surface area contributed by atoms with Gasteiger partial charge in [-0.15, -0.1) is 0 Å². The second-order valence-electron chi connectivity index (χ2n) is 5.99. The van der Waals surface area contributed by atoms with Crippen molar-refractivity contribution in [3.63, 3.8) is 0 Å². The van der Waals surface area contributed by atoms with E-state index in [1.54, 1.807) is 0 Å². The first-order chi connectivity index (χ1) is 10.0. The standard InChI is InChI=1S/C17H23NO3/c1-3-11(2)16(17(20)21)18-15(19)10-13-9-14(13)12-7-5-4-6-8-12/h4-8,11,13-14,16H,3,9-10H2,1-2H3,(H,18,19)(H,20,21)/t11?,13-,14-,16?/m0/s1. The summed E-state index contributed by atoms with van der Waals surface area (Å²) in [5.74, 6) is -0.364. The zero-order valence-electron chi connectivity index (χ0n) is 12.6. The number of carboxylic acid groups (broad SMARTS) is 1. The normalized spacial score (nSPS) is 23.1. The van der Waals surface area contributed by atoms with Crippen molar-refractivity contribution >= 4 is 11.9 Å². The predicted molar refractivity (Wildman–Crippen MR) is 80.9 cm³/mol. The number of carbonyl (C=O) groups excluding carboxylic acids is 1. The topological polar surface area (TPSA) is 66.4 Å². The van der Waals surface area contributed by atoms with Crippen molar-refractivity contribution in [2.24, 2.45) is 11.8 Å². The van der Waals surface area contributed by atoms with E-state index < -0.39 is 12.0 Å². The molecule has 1 aromatic rings. The largest absolute Gasteiger partial charge is 0.480 e. The van der Waals surface area contributed by atoms with Gasteiger partial charge < -0.3 is 10.4 Å². The number of aliphatic carboxylic acids is 1. The molecule has 0 saturated heterocycles. The van der Waals surface area contributed by atoms with Gasteiger partial charge in [-0.3, -0.25) is 4.79 Å². The molecule has 2 N–H and O–H groups in total. The van der Waals surface area contributed by atoms with Crippen LogP contribution in [-0.2, 0) is 9.59 Å². The Morgan fingerprint density at radius 1 is 1.33 bits per heavy atom. The number of hydrogen-bond donors (Lipinski definition) is 2. The molecule has 2 unspecified atom stereocenters. The number of benzene rings is 1. The molecule has 0 heterocycles. The Labute approximate surface area is 125 Å². The fourth-order valence-electron chi connectivity index (χ4n) is 2.74. The molecule has 2 rings (SSSR count). The van der Waals surface area contributed by atoms with Crippen LogP contribution < -0.4 is 5.32 Å². The molecule has 1 fully saturated rings. The predicted octanol–water partition coefficient (Wildman–Crippen LogP) is 2.80. The summed E-state index contributed by atoms with van der Waals surface area (Å²) < 4.78 is 0. The van der Waals surface area contributed by atoms with Crippen LogP contribution in [-0.4, -0.2) is 23.0 Å². The highest BCUT2D eigenvalue weighted by Gasteiger charge is 2.40. The van der Waals surface area contributed by atoms with Gasteiger partial charge >= 0.3 is 5.97 Å². The molecule has 4 heteroatoms. The van der Waals surface area contributed by atoms with Crippen LogP contribution in [0.25, 0.3) is 0 Å². The summed E-state index contributed by atoms with van der Waals surface area (Å²) in [6.07, 6.45) is 2.16. The van der Waals surface area contributed by atoms with Crippen LogP contribution in [0.1, 0.15) is 44.6 Å². The zero-order chi connectivity index (χ0) is 15.4. The van der Waals surface area contributed by atoms with Crippen molar-refractivity contribution in [2.45, 2.75) is 45.1 Å². The molecular weight excluding hydrogens is 266 g/mol. The van der Waals surface area contributed by atoms with Crippen molar-refractivity contribution in [3.8, 4) is 0 Å². The van der Waals surface area contributed by atoms with Crippen molar-refractivity contribution in [3.05, 3.63) is 35.9 Å². The van der Waals surface area contributed by atoms with Crippen molar-refractivity contribution < 1.29 is 14.7 Å². The van der Waals surface area contributed by atoms with Gasteiger partial charge in [0.05, 0.1) is 0 Å². The molecule has 0 radical (unpaired) electrons. The molecule has 4 nitrogen and oxygen atoms in total. The van der Waals surface area contributed by atoms with Crippen LogP contribution >= 0.6 is 0 Å². The van der Waals surface area contributed by atoms with Gasteiger partial charge in [-0.1, -0.05) is 50.6 Å².